The van der Waals surface area contributed by atoms with Crippen molar-refractivity contribution in [1.82, 2.24) is 9.13 Å². The van der Waals surface area contributed by atoms with Gasteiger partial charge in [0.2, 0.25) is 22.6 Å². The van der Waals surface area contributed by atoms with Gasteiger partial charge in [-0.2, -0.15) is 9.13 Å². The molecule has 0 atom stereocenters. The van der Waals surface area contributed by atoms with E-state index in [9.17, 15) is 0 Å². The number of amidine groups is 4. The van der Waals surface area contributed by atoms with E-state index in [1.807, 2.05) is 0 Å². The SMILES string of the molecule is CC(=O)O.CC(=O)O.CC(=O)O.COC=O.c1ccc2c(c1)C1=Nc3c4ccccc4c4n3C35n6c(c7ccccc7c6=NC6=[N+]3C(=N4)c3ccccc36)=NC2=[N+]15. The van der Waals surface area contributed by atoms with Crippen LogP contribution in [0.1, 0.15) is 43.0 Å². The number of rotatable bonds is 1. The summed E-state index contributed by atoms with van der Waals surface area (Å²) >= 11 is 0. The predicted octanol–water partition coefficient (Wildman–Crippen LogP) is 3.77. The van der Waals surface area contributed by atoms with E-state index in [0.29, 0.717) is 6.47 Å². The summed E-state index contributed by atoms with van der Waals surface area (Å²) in [4.78, 5) is 57.6. The van der Waals surface area contributed by atoms with Gasteiger partial charge in [-0.05, 0) is 48.5 Å². The van der Waals surface area contributed by atoms with E-state index >= 15 is 0 Å². The van der Waals surface area contributed by atoms with Gasteiger partial charge in [0.1, 0.15) is 0 Å². The quantitative estimate of drug-likeness (QED) is 0.166. The highest BCUT2D eigenvalue weighted by Crippen LogP contribution is 2.52. The van der Waals surface area contributed by atoms with Gasteiger partial charge < -0.3 is 20.1 Å². The van der Waals surface area contributed by atoms with Crippen molar-refractivity contribution in [3.8, 4) is 0 Å². The van der Waals surface area contributed by atoms with Gasteiger partial charge in [-0.1, -0.05) is 68.5 Å². The molecule has 2 aromatic heterocycles. The first-order chi connectivity index (χ1) is 27.5. The number of fused-ring (bicyclic) bond motifs is 12. The summed E-state index contributed by atoms with van der Waals surface area (Å²) in [6.45, 7) is 3.62. The molecule has 57 heavy (non-hydrogen) atoms. The summed E-state index contributed by atoms with van der Waals surface area (Å²) in [7, 11) is 1.31. The van der Waals surface area contributed by atoms with Gasteiger partial charge in [0.15, 0.2) is 0 Å². The minimum atomic E-state index is -0.923. The lowest BCUT2D eigenvalue weighted by Gasteiger charge is -2.40. The Morgan fingerprint density at radius 1 is 0.561 bits per heavy atom. The lowest BCUT2D eigenvalue weighted by Crippen LogP contribution is -2.71. The van der Waals surface area contributed by atoms with Crippen LogP contribution in [-0.2, 0) is 29.8 Å². The van der Waals surface area contributed by atoms with E-state index in [0.717, 1.165) is 111 Å². The molecule has 16 heteroatoms. The molecule has 6 aromatic rings. The number of carboxylic acids is 3. The number of carboxylic acid groups (broad SMARTS) is 3. The Morgan fingerprint density at radius 3 is 1.23 bits per heavy atom. The van der Waals surface area contributed by atoms with Crippen LogP contribution < -0.4 is 11.0 Å². The van der Waals surface area contributed by atoms with Crippen LogP contribution in [0.25, 0.3) is 21.5 Å². The number of nitrogens with zero attached hydrogens (tertiary/aromatic N) is 8. The van der Waals surface area contributed by atoms with Gasteiger partial charge >= 0.3 is 5.91 Å². The van der Waals surface area contributed by atoms with Crippen molar-refractivity contribution in [2.45, 2.75) is 26.7 Å². The monoisotopic (exact) mass is 764 g/mol. The van der Waals surface area contributed by atoms with Crippen LogP contribution in [0.2, 0.25) is 0 Å². The minimum Gasteiger partial charge on any atom is -0.481 e. The van der Waals surface area contributed by atoms with Crippen LogP contribution in [-0.4, -0.2) is 88.4 Å². The summed E-state index contributed by atoms with van der Waals surface area (Å²) < 4.78 is 13.2. The number of hydrogen-bond acceptors (Lipinski definition) is 9. The Labute approximate surface area is 321 Å². The summed E-state index contributed by atoms with van der Waals surface area (Å²) in [5.41, 5.74) is 6.13. The molecule has 282 valence electrons. The molecule has 6 aliphatic rings. The molecule has 3 N–H and O–H groups in total. The molecule has 16 nitrogen and oxygen atoms in total. The summed E-state index contributed by atoms with van der Waals surface area (Å²) in [5.74, 6) is 1.96. The van der Waals surface area contributed by atoms with Gasteiger partial charge in [-0.3, -0.25) is 19.2 Å². The summed E-state index contributed by atoms with van der Waals surface area (Å²) in [6.07, 6.45) is 0. The molecule has 0 amide bonds. The van der Waals surface area contributed by atoms with Crippen molar-refractivity contribution in [3.05, 3.63) is 130 Å². The fourth-order valence-electron chi connectivity index (χ4n) is 7.88. The van der Waals surface area contributed by atoms with Crippen molar-refractivity contribution in [2.24, 2.45) is 20.0 Å². The zero-order chi connectivity index (χ0) is 40.3. The van der Waals surface area contributed by atoms with Crippen LogP contribution in [0.5, 0.6) is 0 Å². The standard InChI is InChI=1S/C33H16N8.4C2H4O2/c1-2-10-18-17(9-1)25-34-27-19-11-3-4-12-20(19)29-36-31-23-15-7-8-16-24(23)32-37-30-22-14-6-5-13-21(22)28-35-26(18)38(25)33(39(27)29,40(28)30)41(31)32;1-4-2-3;3*1-2(3)4/h1-16H;2H,1H3;3*1H3,(H,3,4)/q+2;;;;. The molecule has 12 rings (SSSR count). The highest BCUT2D eigenvalue weighted by atomic mass is 16.5. The average Bonchev–Trinajstić information content (AvgIpc) is 3.90. The van der Waals surface area contributed by atoms with E-state index in [1.54, 1.807) is 0 Å². The van der Waals surface area contributed by atoms with E-state index in [2.05, 4.69) is 120 Å². The molecule has 1 spiro atoms. The second kappa shape index (κ2) is 13.5. The fourth-order valence-corrected chi connectivity index (χ4v) is 7.88. The normalized spacial score (nSPS) is 14.9. The van der Waals surface area contributed by atoms with Crippen LogP contribution >= 0.6 is 0 Å². The molecule has 0 unspecified atom stereocenters. The van der Waals surface area contributed by atoms with Crippen LogP contribution in [0.15, 0.2) is 117 Å². The maximum atomic E-state index is 9.00. The average molecular weight is 765 g/mol. The largest absolute Gasteiger partial charge is 0.481 e. The number of aliphatic carboxylic acids is 3. The highest BCUT2D eigenvalue weighted by molar-refractivity contribution is 6.20. The van der Waals surface area contributed by atoms with Crippen LogP contribution in [0, 0.1) is 0 Å². The molecule has 0 saturated carbocycles. The van der Waals surface area contributed by atoms with E-state index in [-0.39, 0.29) is 0 Å². The van der Waals surface area contributed by atoms with Gasteiger partial charge in [0.05, 0.1) is 29.4 Å². The molecule has 0 saturated heterocycles. The zero-order valence-corrected chi connectivity index (χ0v) is 30.8. The van der Waals surface area contributed by atoms with Crippen molar-refractivity contribution in [1.29, 1.82) is 0 Å². The molecule has 8 heterocycles. The Morgan fingerprint density at radius 2 is 0.877 bits per heavy atom. The van der Waals surface area contributed by atoms with Crippen LogP contribution in [0.4, 0.5) is 11.6 Å². The first kappa shape index (κ1) is 36.1. The predicted molar refractivity (Wildman–Crippen MR) is 207 cm³/mol. The first-order valence-corrected chi connectivity index (χ1v) is 17.4. The topological polar surface area (TPSA) is 204 Å². The molecule has 4 aromatic carbocycles. The lowest BCUT2D eigenvalue weighted by molar-refractivity contribution is -0.790. The third kappa shape index (κ3) is 5.14. The van der Waals surface area contributed by atoms with Crippen molar-refractivity contribution >= 4 is 80.9 Å². The third-order valence-electron chi connectivity index (χ3n) is 9.47. The Bertz CT molecular complexity index is 2840. The van der Waals surface area contributed by atoms with Crippen molar-refractivity contribution in [2.75, 3.05) is 7.11 Å². The van der Waals surface area contributed by atoms with Gasteiger partial charge in [0.25, 0.3) is 47.7 Å². The molecule has 0 fully saturated rings. The Balaban J connectivity index is 0.000000247. The third-order valence-corrected chi connectivity index (χ3v) is 9.47. The van der Waals surface area contributed by atoms with Gasteiger partial charge in [0, 0.05) is 42.3 Å². The van der Waals surface area contributed by atoms with Crippen LogP contribution in [0.3, 0.4) is 0 Å². The highest BCUT2D eigenvalue weighted by Gasteiger charge is 2.69. The number of methoxy groups -OCH3 is 1. The Kier molecular flexibility index (Phi) is 8.52. The number of carbonyl (C=O) groups is 4. The molecular weight excluding hydrogens is 732 g/mol. The van der Waals surface area contributed by atoms with Crippen molar-refractivity contribution < 1.29 is 48.4 Å². The van der Waals surface area contributed by atoms with E-state index in [1.165, 1.54) is 7.11 Å². The number of ether oxygens (including phenoxy) is 1. The molecule has 6 aliphatic heterocycles. The number of benzene rings is 4. The molecule has 0 radical (unpaired) electrons. The van der Waals surface area contributed by atoms with Gasteiger partial charge in [-0.25, -0.2) is 0 Å². The van der Waals surface area contributed by atoms with Crippen molar-refractivity contribution in [3.63, 3.8) is 0 Å². The zero-order valence-electron chi connectivity index (χ0n) is 30.8. The maximum Gasteiger partial charge on any atom is 0.404 e. The number of aromatic nitrogens is 2. The number of hydrogen-bond donors (Lipinski definition) is 3. The minimum absolute atomic E-state index is 0.375. The summed E-state index contributed by atoms with van der Waals surface area (Å²) in [5, 5.41) is 26.6. The molecule has 0 bridgehead atoms. The Hall–Kier alpha value is -7.88. The second-order valence-corrected chi connectivity index (χ2v) is 13.0. The number of carbonyl (C=O) groups excluding carboxylic acids is 1. The van der Waals surface area contributed by atoms with E-state index < -0.39 is 23.8 Å². The molecule has 0 aliphatic carbocycles. The molecular formula is C41H32N8O8+2. The van der Waals surface area contributed by atoms with E-state index in [4.69, 9.17) is 54.5 Å². The maximum absolute atomic E-state index is 9.00. The van der Waals surface area contributed by atoms with Gasteiger partial charge in [-0.15, -0.1) is 9.15 Å². The second-order valence-electron chi connectivity index (χ2n) is 13.0. The lowest BCUT2D eigenvalue weighted by atomic mass is 10.1. The summed E-state index contributed by atoms with van der Waals surface area (Å²) in [6, 6.07) is 34.0. The fraction of sp³-hybridized carbons (Fsp3) is 0.122. The number of aliphatic imine (C=N–C) groups is 2. The smallest absolute Gasteiger partial charge is 0.404 e. The first-order valence-electron chi connectivity index (χ1n) is 17.4.